The lowest BCUT2D eigenvalue weighted by Crippen LogP contribution is -2.25. The summed E-state index contributed by atoms with van der Waals surface area (Å²) in [5.41, 5.74) is 1.61. The fourth-order valence-corrected chi connectivity index (χ4v) is 2.95. The molecule has 3 heterocycles. The summed E-state index contributed by atoms with van der Waals surface area (Å²) in [6, 6.07) is 3.70. The number of aliphatic carboxylic acids is 1. The van der Waals surface area contributed by atoms with Gasteiger partial charge in [0, 0.05) is 36.3 Å². The zero-order valence-corrected chi connectivity index (χ0v) is 11.2. The number of nitrogens with zero attached hydrogens (tertiary/aromatic N) is 3. The van der Waals surface area contributed by atoms with E-state index >= 15 is 0 Å². The number of amides is 1. The quantitative estimate of drug-likeness (QED) is 0.928. The summed E-state index contributed by atoms with van der Waals surface area (Å²) in [6.45, 7) is 0.189. The van der Waals surface area contributed by atoms with E-state index in [-0.39, 0.29) is 18.9 Å². The molecule has 1 amide bonds. The molecule has 2 aromatic heterocycles. The molecule has 7 heteroatoms. The Hall–Kier alpha value is -2.28. The lowest BCUT2D eigenvalue weighted by Gasteiger charge is -2.11. The van der Waals surface area contributed by atoms with Crippen LogP contribution >= 0.6 is 11.3 Å². The summed E-state index contributed by atoms with van der Waals surface area (Å²) in [5, 5.41) is 11.4. The largest absolute Gasteiger partial charge is 0.481 e. The van der Waals surface area contributed by atoms with E-state index in [1.54, 1.807) is 12.4 Å². The first-order valence-corrected chi connectivity index (χ1v) is 6.92. The average Bonchev–Trinajstić information content (AvgIpc) is 3.06. The first kappa shape index (κ1) is 12.7. The molecular formula is C13H11N3O3S. The van der Waals surface area contributed by atoms with Gasteiger partial charge in [-0.1, -0.05) is 0 Å². The molecule has 20 heavy (non-hydrogen) atoms. The molecule has 0 saturated carbocycles. The van der Waals surface area contributed by atoms with Crippen molar-refractivity contribution >= 4 is 28.3 Å². The number of anilines is 1. The molecule has 1 saturated heterocycles. The maximum Gasteiger partial charge on any atom is 0.308 e. The van der Waals surface area contributed by atoms with Crippen molar-refractivity contribution in [1.82, 2.24) is 9.97 Å². The number of carbonyl (C=O) groups is 2. The van der Waals surface area contributed by atoms with E-state index in [2.05, 4.69) is 9.97 Å². The Balaban J connectivity index is 1.84. The highest BCUT2D eigenvalue weighted by Gasteiger charge is 2.36. The monoisotopic (exact) mass is 289 g/mol. The van der Waals surface area contributed by atoms with Crippen LogP contribution in [0.15, 0.2) is 29.9 Å². The average molecular weight is 289 g/mol. The van der Waals surface area contributed by atoms with Crippen molar-refractivity contribution in [2.45, 2.75) is 6.42 Å². The zero-order valence-electron chi connectivity index (χ0n) is 10.4. The second-order valence-corrected chi connectivity index (χ2v) is 5.34. The van der Waals surface area contributed by atoms with Crippen LogP contribution in [-0.4, -0.2) is 33.5 Å². The first-order chi connectivity index (χ1) is 9.65. The Morgan fingerprint density at radius 3 is 3.00 bits per heavy atom. The van der Waals surface area contributed by atoms with Crippen molar-refractivity contribution in [2.24, 2.45) is 5.92 Å². The molecule has 0 radical (unpaired) electrons. The van der Waals surface area contributed by atoms with Crippen molar-refractivity contribution in [3.05, 3.63) is 29.9 Å². The third-order valence-corrected chi connectivity index (χ3v) is 4.02. The fraction of sp³-hybridized carbons (Fsp3) is 0.231. The Morgan fingerprint density at radius 1 is 1.50 bits per heavy atom. The molecule has 6 nitrogen and oxygen atoms in total. The fourth-order valence-electron chi connectivity index (χ4n) is 2.09. The third kappa shape index (κ3) is 2.27. The van der Waals surface area contributed by atoms with E-state index in [0.29, 0.717) is 5.13 Å². The SMILES string of the molecule is O=C(O)C1CC(=O)N(c2nc(-c3cccnc3)cs2)C1. The summed E-state index contributed by atoms with van der Waals surface area (Å²) in [6.07, 6.45) is 3.42. The minimum atomic E-state index is -0.940. The Kier molecular flexibility index (Phi) is 3.19. The Morgan fingerprint density at radius 2 is 2.35 bits per heavy atom. The van der Waals surface area contributed by atoms with E-state index in [1.807, 2.05) is 17.5 Å². The van der Waals surface area contributed by atoms with Crippen LogP contribution in [0.4, 0.5) is 5.13 Å². The van der Waals surface area contributed by atoms with Gasteiger partial charge in [-0.2, -0.15) is 0 Å². The smallest absolute Gasteiger partial charge is 0.308 e. The maximum atomic E-state index is 11.9. The summed E-state index contributed by atoms with van der Waals surface area (Å²) < 4.78 is 0. The summed E-state index contributed by atoms with van der Waals surface area (Å²) in [5.74, 6) is -1.78. The van der Waals surface area contributed by atoms with Gasteiger partial charge in [0.2, 0.25) is 5.91 Å². The van der Waals surface area contributed by atoms with E-state index < -0.39 is 11.9 Å². The third-order valence-electron chi connectivity index (χ3n) is 3.15. The van der Waals surface area contributed by atoms with Crippen LogP contribution in [0, 0.1) is 5.92 Å². The molecule has 2 aromatic rings. The number of hydrogen-bond acceptors (Lipinski definition) is 5. The first-order valence-electron chi connectivity index (χ1n) is 6.04. The standard InChI is InChI=1S/C13H11N3O3S/c17-11-4-9(12(18)19)6-16(11)13-15-10(7-20-13)8-2-1-3-14-5-8/h1-3,5,7,9H,4,6H2,(H,18,19). The molecule has 1 fully saturated rings. The molecule has 3 rings (SSSR count). The van der Waals surface area contributed by atoms with Gasteiger partial charge < -0.3 is 5.11 Å². The van der Waals surface area contributed by atoms with Crippen molar-refractivity contribution in [3.63, 3.8) is 0 Å². The molecule has 1 N–H and O–H groups in total. The van der Waals surface area contributed by atoms with E-state index in [1.165, 1.54) is 16.2 Å². The van der Waals surface area contributed by atoms with Crippen LogP contribution < -0.4 is 4.90 Å². The number of thiazole rings is 1. The second-order valence-electron chi connectivity index (χ2n) is 4.50. The maximum absolute atomic E-state index is 11.9. The highest BCUT2D eigenvalue weighted by molar-refractivity contribution is 7.14. The molecule has 0 aliphatic carbocycles. The summed E-state index contributed by atoms with van der Waals surface area (Å²) >= 11 is 1.33. The van der Waals surface area contributed by atoms with E-state index in [9.17, 15) is 9.59 Å². The number of carboxylic acids is 1. The topological polar surface area (TPSA) is 83.4 Å². The molecule has 0 spiro atoms. The van der Waals surface area contributed by atoms with Crippen LogP contribution in [0.3, 0.4) is 0 Å². The number of pyridine rings is 1. The highest BCUT2D eigenvalue weighted by atomic mass is 32.1. The van der Waals surface area contributed by atoms with Crippen LogP contribution in [0.25, 0.3) is 11.3 Å². The highest BCUT2D eigenvalue weighted by Crippen LogP contribution is 2.31. The predicted octanol–water partition coefficient (Wildman–Crippen LogP) is 1.64. The van der Waals surface area contributed by atoms with Crippen molar-refractivity contribution in [1.29, 1.82) is 0 Å². The number of rotatable bonds is 3. The van der Waals surface area contributed by atoms with Crippen molar-refractivity contribution in [3.8, 4) is 11.3 Å². The van der Waals surface area contributed by atoms with Crippen LogP contribution in [0.5, 0.6) is 0 Å². The van der Waals surface area contributed by atoms with Gasteiger partial charge in [-0.25, -0.2) is 4.98 Å². The van der Waals surface area contributed by atoms with Gasteiger partial charge in [0.05, 0.1) is 11.6 Å². The van der Waals surface area contributed by atoms with Gasteiger partial charge in [-0.3, -0.25) is 19.5 Å². The lowest BCUT2D eigenvalue weighted by atomic mass is 10.1. The van der Waals surface area contributed by atoms with Gasteiger partial charge in [0.1, 0.15) is 0 Å². The number of carbonyl (C=O) groups excluding carboxylic acids is 1. The molecule has 0 bridgehead atoms. The van der Waals surface area contributed by atoms with Crippen LogP contribution in [0.2, 0.25) is 0 Å². The van der Waals surface area contributed by atoms with Gasteiger partial charge in [-0.05, 0) is 12.1 Å². The van der Waals surface area contributed by atoms with E-state index in [4.69, 9.17) is 5.11 Å². The molecule has 1 aliphatic heterocycles. The molecule has 1 unspecified atom stereocenters. The van der Waals surface area contributed by atoms with Crippen LogP contribution in [-0.2, 0) is 9.59 Å². The summed E-state index contributed by atoms with van der Waals surface area (Å²) in [4.78, 5) is 32.7. The zero-order chi connectivity index (χ0) is 14.1. The minimum absolute atomic E-state index is 0.0388. The predicted molar refractivity (Wildman–Crippen MR) is 73.4 cm³/mol. The Labute approximate surface area is 118 Å². The number of hydrogen-bond donors (Lipinski definition) is 1. The summed E-state index contributed by atoms with van der Waals surface area (Å²) in [7, 11) is 0. The van der Waals surface area contributed by atoms with Crippen molar-refractivity contribution in [2.75, 3.05) is 11.4 Å². The minimum Gasteiger partial charge on any atom is -0.481 e. The molecule has 1 aliphatic rings. The van der Waals surface area contributed by atoms with Gasteiger partial charge >= 0.3 is 5.97 Å². The molecule has 102 valence electrons. The van der Waals surface area contributed by atoms with Gasteiger partial charge in [0.25, 0.3) is 0 Å². The molecule has 0 aromatic carbocycles. The van der Waals surface area contributed by atoms with E-state index in [0.717, 1.165) is 11.3 Å². The second kappa shape index (κ2) is 5.01. The number of aromatic nitrogens is 2. The van der Waals surface area contributed by atoms with Crippen LogP contribution in [0.1, 0.15) is 6.42 Å². The normalized spacial score (nSPS) is 18.5. The lowest BCUT2D eigenvalue weighted by molar-refractivity contribution is -0.141. The Bertz CT molecular complexity index is 656. The molecular weight excluding hydrogens is 278 g/mol. The van der Waals surface area contributed by atoms with Crippen molar-refractivity contribution < 1.29 is 14.7 Å². The van der Waals surface area contributed by atoms with Gasteiger partial charge in [-0.15, -0.1) is 11.3 Å². The number of carboxylic acid groups (broad SMARTS) is 1. The molecule has 1 atom stereocenters. The van der Waals surface area contributed by atoms with Gasteiger partial charge in [0.15, 0.2) is 5.13 Å².